The van der Waals surface area contributed by atoms with E-state index in [2.05, 4.69) is 32.3 Å². The van der Waals surface area contributed by atoms with Gasteiger partial charge in [0, 0.05) is 17.4 Å². The first-order valence-electron chi connectivity index (χ1n) is 9.43. The predicted octanol–water partition coefficient (Wildman–Crippen LogP) is 8.23. The summed E-state index contributed by atoms with van der Waals surface area (Å²) in [5.74, 6) is -0.379. The van der Waals surface area contributed by atoms with Gasteiger partial charge >= 0.3 is 0 Å². The zero-order chi connectivity index (χ0) is 19.1. The lowest BCUT2D eigenvalue weighted by Crippen LogP contribution is -2.31. The van der Waals surface area contributed by atoms with E-state index in [0.717, 1.165) is 24.2 Å². The van der Waals surface area contributed by atoms with Gasteiger partial charge in [0.25, 0.3) is 0 Å². The molecule has 0 saturated heterocycles. The Hall–Kier alpha value is -1.02. The fraction of sp³-hybridized carbons (Fsp3) is 0.619. The van der Waals surface area contributed by atoms with Gasteiger partial charge in [0.1, 0.15) is 5.82 Å². The summed E-state index contributed by atoms with van der Waals surface area (Å²) in [6.07, 6.45) is 5.61. The van der Waals surface area contributed by atoms with Crippen LogP contribution in [0.5, 0.6) is 0 Å². The molecule has 0 aliphatic carbocycles. The number of halogens is 2. The van der Waals surface area contributed by atoms with Crippen molar-refractivity contribution in [3.05, 3.63) is 41.3 Å². The van der Waals surface area contributed by atoms with E-state index in [0.29, 0.717) is 6.04 Å². The highest BCUT2D eigenvalue weighted by atomic mass is 35.5. The molecule has 1 nitrogen and oxygen atoms in total. The maximum Gasteiger partial charge on any atom is 0.141 e. The van der Waals surface area contributed by atoms with Gasteiger partial charge in [-0.2, -0.15) is 0 Å². The van der Waals surface area contributed by atoms with Crippen LogP contribution in [0.15, 0.2) is 30.5 Å². The Morgan fingerprint density at radius 3 is 2.21 bits per heavy atom. The number of allylic oxidation sites excluding steroid dienone is 1. The molecule has 0 aliphatic heterocycles. The zero-order valence-corrected chi connectivity index (χ0v) is 17.5. The second-order valence-corrected chi connectivity index (χ2v) is 5.64. The second-order valence-electron chi connectivity index (χ2n) is 5.23. The highest BCUT2D eigenvalue weighted by Gasteiger charge is 2.17. The van der Waals surface area contributed by atoms with Crippen LogP contribution in [0.4, 0.5) is 10.1 Å². The van der Waals surface area contributed by atoms with Gasteiger partial charge in [-0.1, -0.05) is 79.0 Å². The largest absolute Gasteiger partial charge is 0.343 e. The molecule has 3 heteroatoms. The quantitative estimate of drug-likeness (QED) is 0.423. The average Bonchev–Trinajstić information content (AvgIpc) is 2.61. The van der Waals surface area contributed by atoms with Gasteiger partial charge in [0.2, 0.25) is 0 Å². The molecule has 1 aromatic carbocycles. The van der Waals surface area contributed by atoms with Gasteiger partial charge in [0.05, 0.1) is 5.02 Å². The van der Waals surface area contributed by atoms with Crippen molar-refractivity contribution in [3.63, 3.8) is 0 Å². The molecule has 1 aromatic rings. The first-order chi connectivity index (χ1) is 11.5. The second kappa shape index (κ2) is 15.5. The van der Waals surface area contributed by atoms with E-state index in [4.69, 9.17) is 11.6 Å². The monoisotopic (exact) mass is 357 g/mol. The summed E-state index contributed by atoms with van der Waals surface area (Å²) in [4.78, 5) is 2.18. The molecule has 0 radical (unpaired) electrons. The Bertz CT molecular complexity index is 445. The van der Waals surface area contributed by atoms with Gasteiger partial charge in [-0.15, -0.1) is 0 Å². The first kappa shape index (κ1) is 25.2. The van der Waals surface area contributed by atoms with Crippen LogP contribution < -0.4 is 4.90 Å². The number of nitrogens with zero attached hydrogens (tertiary/aromatic N) is 1. The molecule has 0 aliphatic rings. The van der Waals surface area contributed by atoms with E-state index in [1.807, 2.05) is 27.7 Å². The molecule has 1 atom stereocenters. The molecular formula is C21H37ClFN. The highest BCUT2D eigenvalue weighted by Crippen LogP contribution is 2.29. The van der Waals surface area contributed by atoms with Gasteiger partial charge in [0.15, 0.2) is 0 Å². The molecule has 0 spiro atoms. The molecule has 0 heterocycles. The minimum Gasteiger partial charge on any atom is -0.343 e. The Morgan fingerprint density at radius 2 is 1.75 bits per heavy atom. The van der Waals surface area contributed by atoms with Crippen LogP contribution >= 0.6 is 11.6 Å². The maximum atomic E-state index is 13.3. The van der Waals surface area contributed by atoms with Crippen molar-refractivity contribution in [2.24, 2.45) is 0 Å². The van der Waals surface area contributed by atoms with Gasteiger partial charge < -0.3 is 4.90 Å². The normalized spacial score (nSPS) is 10.7. The predicted molar refractivity (Wildman–Crippen MR) is 110 cm³/mol. The van der Waals surface area contributed by atoms with Crippen LogP contribution in [0.2, 0.25) is 5.02 Å². The van der Waals surface area contributed by atoms with Crippen LogP contribution in [0.3, 0.4) is 0 Å². The van der Waals surface area contributed by atoms with Crippen molar-refractivity contribution < 1.29 is 4.39 Å². The van der Waals surface area contributed by atoms with Crippen molar-refractivity contribution in [3.8, 4) is 0 Å². The summed E-state index contributed by atoms with van der Waals surface area (Å²) >= 11 is 5.91. The summed E-state index contributed by atoms with van der Waals surface area (Å²) in [5.41, 5.74) is 1.96. The van der Waals surface area contributed by atoms with E-state index in [-0.39, 0.29) is 10.8 Å². The molecule has 140 valence electrons. The van der Waals surface area contributed by atoms with E-state index in [1.54, 1.807) is 12.1 Å². The van der Waals surface area contributed by atoms with Crippen LogP contribution in [0.25, 0.3) is 0 Å². The standard InChI is InChI=1S/C17H25ClFN.2C2H6/c1-5-7-8-9-14(4)20(13(3)6-2)15-10-11-17(19)16(18)12-15;2*1-2/h10-12,14H,3,5-9H2,1-2,4H3;2*1-2H3. The molecule has 0 N–H and O–H groups in total. The third kappa shape index (κ3) is 8.73. The topological polar surface area (TPSA) is 3.24 Å². The zero-order valence-electron chi connectivity index (χ0n) is 16.8. The van der Waals surface area contributed by atoms with Crippen LogP contribution in [0, 0.1) is 5.82 Å². The van der Waals surface area contributed by atoms with Gasteiger partial charge in [-0.05, 0) is 38.0 Å². The number of rotatable bonds is 8. The number of hydrogen-bond donors (Lipinski definition) is 0. The van der Waals surface area contributed by atoms with Gasteiger partial charge in [-0.3, -0.25) is 0 Å². The number of benzene rings is 1. The van der Waals surface area contributed by atoms with Crippen molar-refractivity contribution in [1.29, 1.82) is 0 Å². The fourth-order valence-corrected chi connectivity index (χ4v) is 2.55. The van der Waals surface area contributed by atoms with Crippen LogP contribution in [0.1, 0.15) is 80.6 Å². The van der Waals surface area contributed by atoms with Gasteiger partial charge in [-0.25, -0.2) is 4.39 Å². The highest BCUT2D eigenvalue weighted by molar-refractivity contribution is 6.31. The average molecular weight is 358 g/mol. The Morgan fingerprint density at radius 1 is 1.17 bits per heavy atom. The summed E-state index contributed by atoms with van der Waals surface area (Å²) in [7, 11) is 0. The summed E-state index contributed by atoms with van der Waals surface area (Å²) in [6, 6.07) is 5.23. The third-order valence-corrected chi connectivity index (χ3v) is 3.89. The van der Waals surface area contributed by atoms with Crippen molar-refractivity contribution >= 4 is 17.3 Å². The lowest BCUT2D eigenvalue weighted by molar-refractivity contribution is 0.566. The number of anilines is 1. The number of unbranched alkanes of at least 4 members (excludes halogenated alkanes) is 2. The minimum atomic E-state index is -0.379. The van der Waals surface area contributed by atoms with Crippen molar-refractivity contribution in [1.82, 2.24) is 0 Å². The Balaban J connectivity index is 0. The van der Waals surface area contributed by atoms with E-state index in [1.165, 1.54) is 25.3 Å². The molecule has 0 fully saturated rings. The lowest BCUT2D eigenvalue weighted by atomic mass is 10.1. The molecule has 1 unspecified atom stereocenters. The third-order valence-electron chi connectivity index (χ3n) is 3.60. The Kier molecular flexibility index (Phi) is 16.3. The smallest absolute Gasteiger partial charge is 0.141 e. The molecule has 24 heavy (non-hydrogen) atoms. The Labute approximate surface area is 154 Å². The molecule has 0 saturated carbocycles. The molecule has 0 amide bonds. The van der Waals surface area contributed by atoms with Crippen molar-refractivity contribution in [2.75, 3.05) is 4.90 Å². The van der Waals surface area contributed by atoms with E-state index >= 15 is 0 Å². The van der Waals surface area contributed by atoms with Crippen molar-refractivity contribution in [2.45, 2.75) is 86.6 Å². The summed E-state index contributed by atoms with van der Waals surface area (Å²) in [5, 5.41) is 0.164. The molecule has 0 bridgehead atoms. The lowest BCUT2D eigenvalue weighted by Gasteiger charge is -2.33. The SMILES string of the molecule is C=C(CC)N(c1ccc(F)c(Cl)c1)C(C)CCCCC.CC.CC. The molecule has 1 rings (SSSR count). The molecule has 0 aromatic heterocycles. The van der Waals surface area contributed by atoms with Crippen LogP contribution in [-0.2, 0) is 0 Å². The summed E-state index contributed by atoms with van der Waals surface area (Å²) < 4.78 is 13.3. The minimum absolute atomic E-state index is 0.164. The number of hydrogen-bond acceptors (Lipinski definition) is 1. The first-order valence-corrected chi connectivity index (χ1v) is 9.81. The van der Waals surface area contributed by atoms with Crippen LogP contribution in [-0.4, -0.2) is 6.04 Å². The summed E-state index contributed by atoms with van der Waals surface area (Å²) in [6.45, 7) is 18.6. The maximum absolute atomic E-state index is 13.3. The van der Waals surface area contributed by atoms with E-state index < -0.39 is 0 Å². The fourth-order valence-electron chi connectivity index (χ4n) is 2.37. The molecular weight excluding hydrogens is 321 g/mol. The van der Waals surface area contributed by atoms with E-state index in [9.17, 15) is 4.39 Å².